The second kappa shape index (κ2) is 8.47. The van der Waals surface area contributed by atoms with Gasteiger partial charge in [-0.3, -0.25) is 9.59 Å². The van der Waals surface area contributed by atoms with Crippen LogP contribution in [0.25, 0.3) is 0 Å². The summed E-state index contributed by atoms with van der Waals surface area (Å²) in [4.78, 5) is 34.0. The highest BCUT2D eigenvalue weighted by Crippen LogP contribution is 2.03. The molecular weight excluding hydrogens is 252 g/mol. The summed E-state index contributed by atoms with van der Waals surface area (Å²) in [5.74, 6) is -1.35. The zero-order valence-corrected chi connectivity index (χ0v) is 12.0. The van der Waals surface area contributed by atoms with Crippen molar-refractivity contribution in [1.82, 2.24) is 10.6 Å². The third-order valence-electron chi connectivity index (χ3n) is 2.53. The molecule has 7 heteroatoms. The molecule has 0 bridgehead atoms. The van der Waals surface area contributed by atoms with Gasteiger partial charge < -0.3 is 20.1 Å². The number of amides is 1. The minimum atomic E-state index is -0.839. The molecular formula is C12H22N2O5. The molecule has 0 aromatic rings. The van der Waals surface area contributed by atoms with Gasteiger partial charge in [0.25, 0.3) is 0 Å². The first-order valence-corrected chi connectivity index (χ1v) is 5.99. The quantitative estimate of drug-likeness (QED) is 0.605. The molecule has 0 aliphatic heterocycles. The lowest BCUT2D eigenvalue weighted by atomic mass is 10.0. The van der Waals surface area contributed by atoms with Crippen LogP contribution in [0.1, 0.15) is 20.8 Å². The Morgan fingerprint density at radius 1 is 1.05 bits per heavy atom. The van der Waals surface area contributed by atoms with Crippen LogP contribution >= 0.6 is 0 Å². The van der Waals surface area contributed by atoms with E-state index in [1.165, 1.54) is 21.1 Å². The van der Waals surface area contributed by atoms with Gasteiger partial charge in [0.2, 0.25) is 5.91 Å². The fourth-order valence-corrected chi connectivity index (χ4v) is 1.54. The number of carbonyl (C=O) groups excluding carboxylic acids is 3. The van der Waals surface area contributed by atoms with Crippen LogP contribution in [0, 0.1) is 5.92 Å². The van der Waals surface area contributed by atoms with Gasteiger partial charge in [-0.1, -0.05) is 13.8 Å². The molecule has 0 saturated carbocycles. The predicted molar refractivity (Wildman–Crippen MR) is 68.3 cm³/mol. The molecule has 19 heavy (non-hydrogen) atoms. The summed E-state index contributed by atoms with van der Waals surface area (Å²) < 4.78 is 9.25. The molecule has 2 N–H and O–H groups in total. The Kier molecular flexibility index (Phi) is 7.74. The average Bonchev–Trinajstić information content (AvgIpc) is 2.35. The number of rotatable bonds is 7. The van der Waals surface area contributed by atoms with Gasteiger partial charge in [0, 0.05) is 13.5 Å². The molecule has 7 nitrogen and oxygen atoms in total. The summed E-state index contributed by atoms with van der Waals surface area (Å²) in [7, 11) is 2.53. The van der Waals surface area contributed by atoms with E-state index in [0.29, 0.717) is 0 Å². The van der Waals surface area contributed by atoms with Gasteiger partial charge >= 0.3 is 11.9 Å². The molecule has 0 spiro atoms. The Balaban J connectivity index is 4.62. The molecule has 0 aromatic heterocycles. The van der Waals surface area contributed by atoms with Crippen molar-refractivity contribution in [3.63, 3.8) is 0 Å². The van der Waals surface area contributed by atoms with E-state index in [1.807, 2.05) is 13.8 Å². The normalized spacial score (nSPS) is 13.6. The maximum Gasteiger partial charge on any atom is 0.329 e. The second-order valence-electron chi connectivity index (χ2n) is 4.43. The number of ether oxygens (including phenoxy) is 2. The molecule has 0 fully saturated rings. The summed E-state index contributed by atoms with van der Waals surface area (Å²) >= 11 is 0. The van der Waals surface area contributed by atoms with E-state index in [-0.39, 0.29) is 18.4 Å². The summed E-state index contributed by atoms with van der Waals surface area (Å²) in [6.45, 7) is 5.08. The molecule has 0 rings (SSSR count). The van der Waals surface area contributed by atoms with Crippen molar-refractivity contribution >= 4 is 17.8 Å². The van der Waals surface area contributed by atoms with E-state index in [9.17, 15) is 14.4 Å². The van der Waals surface area contributed by atoms with Gasteiger partial charge in [-0.25, -0.2) is 4.79 Å². The van der Waals surface area contributed by atoms with Crippen molar-refractivity contribution in [2.45, 2.75) is 32.9 Å². The minimum Gasteiger partial charge on any atom is -0.468 e. The molecule has 0 aliphatic rings. The molecule has 1 amide bonds. The van der Waals surface area contributed by atoms with Crippen LogP contribution in [-0.4, -0.2) is 50.7 Å². The molecule has 0 radical (unpaired) electrons. The number of nitrogens with one attached hydrogen (secondary N) is 2. The van der Waals surface area contributed by atoms with Gasteiger partial charge in [-0.15, -0.1) is 0 Å². The maximum absolute atomic E-state index is 11.5. The number of hydrogen-bond acceptors (Lipinski definition) is 6. The van der Waals surface area contributed by atoms with Gasteiger partial charge in [0.1, 0.15) is 12.1 Å². The van der Waals surface area contributed by atoms with Crippen LogP contribution in [0.3, 0.4) is 0 Å². The third kappa shape index (κ3) is 6.19. The van der Waals surface area contributed by atoms with E-state index in [4.69, 9.17) is 0 Å². The highest BCUT2D eigenvalue weighted by atomic mass is 16.5. The smallest absolute Gasteiger partial charge is 0.329 e. The monoisotopic (exact) mass is 274 g/mol. The summed E-state index contributed by atoms with van der Waals surface area (Å²) in [6.07, 6.45) is 0. The fraction of sp³-hybridized carbons (Fsp3) is 0.750. The SMILES string of the molecule is COC(=O)C(CNC(C(=O)OC)C(C)C)NC(C)=O. The first-order chi connectivity index (χ1) is 8.83. The van der Waals surface area contributed by atoms with Gasteiger partial charge in [0.15, 0.2) is 0 Å². The van der Waals surface area contributed by atoms with E-state index in [2.05, 4.69) is 20.1 Å². The summed E-state index contributed by atoms with van der Waals surface area (Å²) in [5.41, 5.74) is 0. The third-order valence-corrected chi connectivity index (χ3v) is 2.53. The van der Waals surface area contributed by atoms with Crippen molar-refractivity contribution in [2.75, 3.05) is 20.8 Å². The topological polar surface area (TPSA) is 93.7 Å². The molecule has 110 valence electrons. The van der Waals surface area contributed by atoms with Crippen molar-refractivity contribution in [1.29, 1.82) is 0 Å². The van der Waals surface area contributed by atoms with Crippen molar-refractivity contribution in [2.24, 2.45) is 5.92 Å². The largest absolute Gasteiger partial charge is 0.468 e. The molecule has 0 heterocycles. The zero-order valence-electron chi connectivity index (χ0n) is 12.0. The number of methoxy groups -OCH3 is 2. The lowest BCUT2D eigenvalue weighted by molar-refractivity contribution is -0.147. The fourth-order valence-electron chi connectivity index (χ4n) is 1.54. The van der Waals surface area contributed by atoms with Crippen LogP contribution in [0.2, 0.25) is 0 Å². The van der Waals surface area contributed by atoms with E-state index >= 15 is 0 Å². The molecule has 0 aromatic carbocycles. The average molecular weight is 274 g/mol. The molecule has 2 unspecified atom stereocenters. The highest BCUT2D eigenvalue weighted by Gasteiger charge is 2.26. The van der Waals surface area contributed by atoms with Crippen LogP contribution in [0.4, 0.5) is 0 Å². The van der Waals surface area contributed by atoms with Crippen LogP contribution in [0.5, 0.6) is 0 Å². The van der Waals surface area contributed by atoms with Crippen LogP contribution < -0.4 is 10.6 Å². The first kappa shape index (κ1) is 17.4. The molecule has 2 atom stereocenters. The Hall–Kier alpha value is -1.63. The highest BCUT2D eigenvalue weighted by molar-refractivity contribution is 5.83. The second-order valence-corrected chi connectivity index (χ2v) is 4.43. The standard InChI is InChI=1S/C12H22N2O5/c1-7(2)10(12(17)19-5)13-6-9(11(16)18-4)14-8(3)15/h7,9-10,13H,6H2,1-5H3,(H,14,15). The van der Waals surface area contributed by atoms with Crippen LogP contribution in [-0.2, 0) is 23.9 Å². The van der Waals surface area contributed by atoms with E-state index in [0.717, 1.165) is 0 Å². The lowest BCUT2D eigenvalue weighted by Gasteiger charge is -2.23. The Morgan fingerprint density at radius 3 is 1.95 bits per heavy atom. The van der Waals surface area contributed by atoms with Gasteiger partial charge in [-0.2, -0.15) is 0 Å². The summed E-state index contributed by atoms with van der Waals surface area (Å²) in [5, 5.41) is 5.35. The van der Waals surface area contributed by atoms with Gasteiger partial charge in [-0.05, 0) is 5.92 Å². The van der Waals surface area contributed by atoms with E-state index < -0.39 is 24.0 Å². The number of carbonyl (C=O) groups is 3. The van der Waals surface area contributed by atoms with Crippen molar-refractivity contribution in [3.8, 4) is 0 Å². The first-order valence-electron chi connectivity index (χ1n) is 5.99. The van der Waals surface area contributed by atoms with E-state index in [1.54, 1.807) is 0 Å². The Bertz CT molecular complexity index is 330. The predicted octanol–water partition coefficient (Wildman–Crippen LogP) is -0.549. The molecule has 0 aliphatic carbocycles. The number of esters is 2. The Labute approximate surface area is 113 Å². The molecule has 0 saturated heterocycles. The van der Waals surface area contributed by atoms with Gasteiger partial charge in [0.05, 0.1) is 14.2 Å². The van der Waals surface area contributed by atoms with Crippen molar-refractivity contribution in [3.05, 3.63) is 0 Å². The summed E-state index contributed by atoms with van der Waals surface area (Å²) in [6, 6.07) is -1.39. The minimum absolute atomic E-state index is 0.0110. The Morgan fingerprint density at radius 2 is 1.58 bits per heavy atom. The van der Waals surface area contributed by atoms with Crippen molar-refractivity contribution < 1.29 is 23.9 Å². The zero-order chi connectivity index (χ0) is 15.0. The number of hydrogen-bond donors (Lipinski definition) is 2. The maximum atomic E-state index is 11.5. The lowest BCUT2D eigenvalue weighted by Crippen LogP contribution is -2.52. The van der Waals surface area contributed by atoms with Crippen LogP contribution in [0.15, 0.2) is 0 Å².